The molecule has 2 rings (SSSR count). The molecule has 0 fully saturated rings. The predicted molar refractivity (Wildman–Crippen MR) is 68.6 cm³/mol. The van der Waals surface area contributed by atoms with Gasteiger partial charge < -0.3 is 4.74 Å². The number of ether oxygens (including phenoxy) is 1. The monoisotopic (exact) mass is 253 g/mol. The maximum atomic E-state index is 5.96. The van der Waals surface area contributed by atoms with Gasteiger partial charge in [-0.25, -0.2) is 4.98 Å². The lowest BCUT2D eigenvalue weighted by atomic mass is 10.2. The van der Waals surface area contributed by atoms with Crippen molar-refractivity contribution in [1.82, 2.24) is 14.5 Å². The van der Waals surface area contributed by atoms with Gasteiger partial charge in [-0.05, 0) is 12.5 Å². The number of hydrogen-bond donors (Lipinski definition) is 0. The summed E-state index contributed by atoms with van der Waals surface area (Å²) in [5.41, 5.74) is 1.62. The molecule has 92 valence electrons. The maximum Gasteiger partial charge on any atom is 0.298 e. The van der Waals surface area contributed by atoms with Crippen molar-refractivity contribution in [3.05, 3.63) is 17.3 Å². The van der Waals surface area contributed by atoms with E-state index in [0.717, 1.165) is 18.5 Å². The van der Waals surface area contributed by atoms with Gasteiger partial charge in [0.1, 0.15) is 0 Å². The molecule has 0 N–H and O–H groups in total. The highest BCUT2D eigenvalue weighted by Crippen LogP contribution is 2.23. The highest BCUT2D eigenvalue weighted by atomic mass is 35.5. The number of aryl methyl sites for hydroxylation is 1. The van der Waals surface area contributed by atoms with E-state index in [1.807, 2.05) is 10.6 Å². The summed E-state index contributed by atoms with van der Waals surface area (Å²) in [7, 11) is 1.62. The molecular formula is C12H16ClN3O. The number of fused-ring (bicyclic) bond motifs is 1. The zero-order valence-corrected chi connectivity index (χ0v) is 10.9. The molecule has 0 unspecified atom stereocenters. The Labute approximate surface area is 106 Å². The molecule has 5 heteroatoms. The standard InChI is InChI=1S/C12H16ClN3O/c1-3-4-5-6-16-10-7-9(13)8-14-11(10)15-12(16)17-2/h7-8H,3-6H2,1-2H3. The lowest BCUT2D eigenvalue weighted by molar-refractivity contribution is 0.357. The van der Waals surface area contributed by atoms with Crippen LogP contribution in [0.25, 0.3) is 11.2 Å². The first-order valence-corrected chi connectivity index (χ1v) is 6.19. The summed E-state index contributed by atoms with van der Waals surface area (Å²) in [5.74, 6) is 0. The molecule has 0 aliphatic heterocycles. The molecule has 0 saturated carbocycles. The van der Waals surface area contributed by atoms with E-state index in [2.05, 4.69) is 16.9 Å². The fourth-order valence-corrected chi connectivity index (χ4v) is 2.00. The third-order valence-corrected chi connectivity index (χ3v) is 2.91. The van der Waals surface area contributed by atoms with E-state index in [4.69, 9.17) is 16.3 Å². The molecular weight excluding hydrogens is 238 g/mol. The number of imidazole rings is 1. The third kappa shape index (κ3) is 2.52. The number of methoxy groups -OCH3 is 1. The topological polar surface area (TPSA) is 39.9 Å². The van der Waals surface area contributed by atoms with Crippen molar-refractivity contribution in [2.24, 2.45) is 0 Å². The molecule has 2 heterocycles. The molecule has 0 radical (unpaired) electrons. The summed E-state index contributed by atoms with van der Waals surface area (Å²) in [4.78, 5) is 8.52. The van der Waals surface area contributed by atoms with Crippen LogP contribution < -0.4 is 4.74 Å². The fraction of sp³-hybridized carbons (Fsp3) is 0.500. The van der Waals surface area contributed by atoms with Gasteiger partial charge in [0.2, 0.25) is 0 Å². The minimum absolute atomic E-state index is 0.603. The van der Waals surface area contributed by atoms with Crippen LogP contribution in [0.5, 0.6) is 6.01 Å². The van der Waals surface area contributed by atoms with E-state index in [1.54, 1.807) is 13.3 Å². The largest absolute Gasteiger partial charge is 0.468 e. The highest BCUT2D eigenvalue weighted by molar-refractivity contribution is 6.31. The molecule has 0 aromatic carbocycles. The zero-order chi connectivity index (χ0) is 12.3. The van der Waals surface area contributed by atoms with Gasteiger partial charge in [0.05, 0.1) is 17.6 Å². The van der Waals surface area contributed by atoms with Crippen LogP contribution in [-0.4, -0.2) is 21.6 Å². The van der Waals surface area contributed by atoms with Crippen molar-refractivity contribution in [2.45, 2.75) is 32.7 Å². The summed E-state index contributed by atoms with van der Waals surface area (Å²) in [5, 5.41) is 0.622. The zero-order valence-electron chi connectivity index (χ0n) is 10.1. The van der Waals surface area contributed by atoms with Gasteiger partial charge in [0, 0.05) is 12.7 Å². The van der Waals surface area contributed by atoms with E-state index in [-0.39, 0.29) is 0 Å². The lowest BCUT2D eigenvalue weighted by Crippen LogP contribution is -2.01. The fourth-order valence-electron chi connectivity index (χ4n) is 1.85. The Kier molecular flexibility index (Phi) is 3.84. The van der Waals surface area contributed by atoms with Crippen LogP contribution in [-0.2, 0) is 6.54 Å². The summed E-state index contributed by atoms with van der Waals surface area (Å²) >= 11 is 5.96. The minimum Gasteiger partial charge on any atom is -0.468 e. The quantitative estimate of drug-likeness (QED) is 0.768. The molecule has 2 aromatic heterocycles. The van der Waals surface area contributed by atoms with Gasteiger partial charge in [0.15, 0.2) is 5.65 Å². The van der Waals surface area contributed by atoms with Gasteiger partial charge >= 0.3 is 0 Å². The Hall–Kier alpha value is -1.29. The Balaban J connectivity index is 2.38. The second kappa shape index (κ2) is 5.36. The molecule has 0 spiro atoms. The summed E-state index contributed by atoms with van der Waals surface area (Å²) in [6.07, 6.45) is 5.09. The van der Waals surface area contributed by atoms with E-state index in [9.17, 15) is 0 Å². The van der Waals surface area contributed by atoms with Crippen LogP contribution in [0.1, 0.15) is 26.2 Å². The molecule has 0 bridgehead atoms. The highest BCUT2D eigenvalue weighted by Gasteiger charge is 2.11. The lowest BCUT2D eigenvalue weighted by Gasteiger charge is -2.06. The molecule has 17 heavy (non-hydrogen) atoms. The Bertz CT molecular complexity index is 510. The summed E-state index contributed by atoms with van der Waals surface area (Å²) in [6, 6.07) is 2.48. The van der Waals surface area contributed by atoms with Crippen LogP contribution in [0.3, 0.4) is 0 Å². The van der Waals surface area contributed by atoms with Gasteiger partial charge in [-0.1, -0.05) is 31.4 Å². The van der Waals surface area contributed by atoms with Crippen LogP contribution in [0.4, 0.5) is 0 Å². The smallest absolute Gasteiger partial charge is 0.298 e. The first-order valence-electron chi connectivity index (χ1n) is 5.82. The normalized spacial score (nSPS) is 11.0. The van der Waals surface area contributed by atoms with Gasteiger partial charge in [-0.15, -0.1) is 0 Å². The molecule has 2 aromatic rings. The van der Waals surface area contributed by atoms with Crippen molar-refractivity contribution in [1.29, 1.82) is 0 Å². The Morgan fingerprint density at radius 3 is 2.94 bits per heavy atom. The Morgan fingerprint density at radius 1 is 1.41 bits per heavy atom. The molecule has 0 atom stereocenters. The number of pyridine rings is 1. The van der Waals surface area contributed by atoms with Crippen molar-refractivity contribution >= 4 is 22.8 Å². The van der Waals surface area contributed by atoms with Crippen molar-refractivity contribution in [2.75, 3.05) is 7.11 Å². The number of aromatic nitrogens is 3. The van der Waals surface area contributed by atoms with E-state index < -0.39 is 0 Å². The van der Waals surface area contributed by atoms with Crippen LogP contribution >= 0.6 is 11.6 Å². The van der Waals surface area contributed by atoms with E-state index in [1.165, 1.54) is 12.8 Å². The minimum atomic E-state index is 0.603. The second-order valence-corrected chi connectivity index (χ2v) is 4.39. The number of nitrogens with zero attached hydrogens (tertiary/aromatic N) is 3. The van der Waals surface area contributed by atoms with Crippen molar-refractivity contribution in [3.8, 4) is 6.01 Å². The van der Waals surface area contributed by atoms with Gasteiger partial charge in [0.25, 0.3) is 6.01 Å². The molecule has 0 saturated heterocycles. The average molecular weight is 254 g/mol. The first kappa shape index (κ1) is 12.2. The first-order chi connectivity index (χ1) is 8.26. The number of halogens is 1. The molecule has 0 aliphatic rings. The number of rotatable bonds is 5. The van der Waals surface area contributed by atoms with Crippen LogP contribution in [0.2, 0.25) is 5.02 Å². The summed E-state index contributed by atoms with van der Waals surface area (Å²) < 4.78 is 7.30. The maximum absolute atomic E-state index is 5.96. The number of hydrogen-bond acceptors (Lipinski definition) is 3. The molecule has 4 nitrogen and oxygen atoms in total. The van der Waals surface area contributed by atoms with E-state index in [0.29, 0.717) is 16.7 Å². The van der Waals surface area contributed by atoms with Crippen molar-refractivity contribution in [3.63, 3.8) is 0 Å². The molecule has 0 aliphatic carbocycles. The Morgan fingerprint density at radius 2 is 2.24 bits per heavy atom. The number of unbranched alkanes of at least 4 members (excludes halogenated alkanes) is 2. The summed E-state index contributed by atoms with van der Waals surface area (Å²) in [6.45, 7) is 3.07. The average Bonchev–Trinajstić information content (AvgIpc) is 2.67. The van der Waals surface area contributed by atoms with Crippen LogP contribution in [0, 0.1) is 0 Å². The van der Waals surface area contributed by atoms with E-state index >= 15 is 0 Å². The predicted octanol–water partition coefficient (Wildman–Crippen LogP) is 3.28. The van der Waals surface area contributed by atoms with Gasteiger partial charge in [-0.3, -0.25) is 4.57 Å². The van der Waals surface area contributed by atoms with Gasteiger partial charge in [-0.2, -0.15) is 4.98 Å². The third-order valence-electron chi connectivity index (χ3n) is 2.70. The SMILES string of the molecule is CCCCCn1c(OC)nc2ncc(Cl)cc21. The van der Waals surface area contributed by atoms with Crippen LogP contribution in [0.15, 0.2) is 12.3 Å². The molecule has 0 amide bonds. The van der Waals surface area contributed by atoms with Crippen molar-refractivity contribution < 1.29 is 4.74 Å². The second-order valence-electron chi connectivity index (χ2n) is 3.95.